The number of carbonyl (C=O) groups is 2. The number of halogens is 1. The van der Waals surface area contributed by atoms with E-state index < -0.39 is 17.1 Å². The summed E-state index contributed by atoms with van der Waals surface area (Å²) in [5.74, 6) is -0.925. The van der Waals surface area contributed by atoms with Gasteiger partial charge >= 0.3 is 4.87 Å². The monoisotopic (exact) mass is 548 g/mol. The van der Waals surface area contributed by atoms with E-state index in [9.17, 15) is 14.4 Å². The Kier molecular flexibility index (Phi) is 6.18. The molecular weight excluding hydrogens is 528 g/mol. The van der Waals surface area contributed by atoms with Crippen LogP contribution in [-0.2, 0) is 16.2 Å². The number of imide groups is 1. The van der Waals surface area contributed by atoms with Crippen LogP contribution in [-0.4, -0.2) is 22.0 Å². The van der Waals surface area contributed by atoms with Gasteiger partial charge in [-0.15, -0.1) is 0 Å². The molecule has 0 saturated carbocycles. The van der Waals surface area contributed by atoms with E-state index in [0.717, 1.165) is 27.3 Å². The van der Waals surface area contributed by atoms with Gasteiger partial charge in [-0.05, 0) is 54.4 Å². The minimum atomic E-state index is -0.636. The molecule has 0 aliphatic carbocycles. The third-order valence-electron chi connectivity index (χ3n) is 6.67. The van der Waals surface area contributed by atoms with Crippen molar-refractivity contribution in [3.63, 3.8) is 0 Å². The summed E-state index contributed by atoms with van der Waals surface area (Å²) < 4.78 is 5.96. The topological polar surface area (TPSA) is 79.5 Å². The molecule has 3 heterocycles. The number of hydrogen-bond donors (Lipinski definition) is 1. The predicted octanol–water partition coefficient (Wildman–Crippen LogP) is 5.77. The van der Waals surface area contributed by atoms with Crippen molar-refractivity contribution in [2.45, 2.75) is 29.7 Å². The number of aromatic amines is 1. The quantitative estimate of drug-likeness (QED) is 0.320. The van der Waals surface area contributed by atoms with Gasteiger partial charge in [0.2, 0.25) is 11.8 Å². The summed E-state index contributed by atoms with van der Waals surface area (Å²) in [4.78, 5) is 44.2. The van der Waals surface area contributed by atoms with Crippen molar-refractivity contribution < 1.29 is 14.3 Å². The maximum absolute atomic E-state index is 13.7. The summed E-state index contributed by atoms with van der Waals surface area (Å²) in [6.07, 6.45) is 0. The van der Waals surface area contributed by atoms with Crippen LogP contribution < -0.4 is 14.5 Å². The Hall–Kier alpha value is -3.33. The molecule has 2 aliphatic rings. The highest BCUT2D eigenvalue weighted by molar-refractivity contribution is 8.00. The number of fused-ring (bicyclic) bond motifs is 2. The Labute approximate surface area is 226 Å². The maximum atomic E-state index is 13.7. The molecule has 2 amide bonds. The van der Waals surface area contributed by atoms with E-state index in [1.54, 1.807) is 24.3 Å². The normalized spacial score (nSPS) is 20.6. The lowest BCUT2D eigenvalue weighted by atomic mass is 9.83. The molecule has 1 N–H and O–H groups in total. The van der Waals surface area contributed by atoms with E-state index in [1.165, 1.54) is 22.2 Å². The first-order valence-electron chi connectivity index (χ1n) is 11.7. The van der Waals surface area contributed by atoms with Gasteiger partial charge in [-0.1, -0.05) is 76.7 Å². The molecule has 1 fully saturated rings. The molecule has 0 spiro atoms. The summed E-state index contributed by atoms with van der Waals surface area (Å²) in [5, 5.41) is 0.542. The van der Waals surface area contributed by atoms with Gasteiger partial charge in [0.05, 0.1) is 16.6 Å². The van der Waals surface area contributed by atoms with E-state index in [4.69, 9.17) is 16.3 Å². The number of aryl methyl sites for hydroxylation is 1. The summed E-state index contributed by atoms with van der Waals surface area (Å²) in [6.45, 7) is 2.48. The molecule has 1 aromatic heterocycles. The van der Waals surface area contributed by atoms with Crippen molar-refractivity contribution in [2.75, 3.05) is 4.90 Å². The Morgan fingerprint density at radius 3 is 2.32 bits per heavy atom. The number of thiazole rings is 1. The van der Waals surface area contributed by atoms with E-state index in [-0.39, 0.29) is 16.7 Å². The van der Waals surface area contributed by atoms with Gasteiger partial charge in [0.1, 0.15) is 17.6 Å². The molecule has 0 radical (unpaired) electrons. The van der Waals surface area contributed by atoms with Crippen LogP contribution in [0, 0.1) is 12.8 Å². The van der Waals surface area contributed by atoms with Crippen LogP contribution in [0.5, 0.6) is 5.75 Å². The minimum Gasteiger partial charge on any atom is -0.489 e. The number of aromatic nitrogens is 1. The van der Waals surface area contributed by atoms with Crippen LogP contribution in [0.2, 0.25) is 5.02 Å². The molecule has 3 aromatic carbocycles. The lowest BCUT2D eigenvalue weighted by molar-refractivity contribution is -0.122. The molecule has 186 valence electrons. The zero-order chi connectivity index (χ0) is 25.7. The molecular formula is C28H21ClN2O4S2. The number of nitrogens with zero attached hydrogens (tertiary/aromatic N) is 1. The number of benzene rings is 3. The number of rotatable bonds is 5. The second-order valence-corrected chi connectivity index (χ2v) is 11.7. The zero-order valence-corrected chi connectivity index (χ0v) is 22.0. The average molecular weight is 549 g/mol. The smallest absolute Gasteiger partial charge is 0.305 e. The lowest BCUT2D eigenvalue weighted by Gasteiger charge is -2.29. The lowest BCUT2D eigenvalue weighted by Crippen LogP contribution is -2.32. The van der Waals surface area contributed by atoms with Crippen molar-refractivity contribution in [2.24, 2.45) is 5.92 Å². The minimum absolute atomic E-state index is 0.199. The Morgan fingerprint density at radius 2 is 1.62 bits per heavy atom. The van der Waals surface area contributed by atoms with Crippen molar-refractivity contribution >= 4 is 52.2 Å². The van der Waals surface area contributed by atoms with Crippen LogP contribution >= 0.6 is 34.7 Å². The van der Waals surface area contributed by atoms with Crippen LogP contribution in [0.1, 0.15) is 27.5 Å². The van der Waals surface area contributed by atoms with Crippen molar-refractivity contribution in [3.8, 4) is 5.75 Å². The fraction of sp³-hybridized carbons (Fsp3) is 0.179. The van der Waals surface area contributed by atoms with Crippen LogP contribution in [0.25, 0.3) is 0 Å². The standard InChI is InChI=1S/C28H21ClN2O4S2/c1-15-2-4-16(5-3-15)14-35-20-12-6-17(7-13-20)21-22-24(36-25-23(21)37-28(34)30-25)27(33)31(26(22)32)19-10-8-18(29)9-11-19/h2-13,21-22,24H,14H2,1H3,(H,30,34)/t21-,22-,24+/m0/s1. The molecule has 0 bridgehead atoms. The number of anilines is 1. The van der Waals surface area contributed by atoms with Gasteiger partial charge in [0.25, 0.3) is 0 Å². The number of hydrogen-bond acceptors (Lipinski definition) is 6. The molecule has 0 unspecified atom stereocenters. The summed E-state index contributed by atoms with van der Waals surface area (Å²) in [5.41, 5.74) is 3.61. The predicted molar refractivity (Wildman–Crippen MR) is 146 cm³/mol. The molecule has 37 heavy (non-hydrogen) atoms. The van der Waals surface area contributed by atoms with Crippen molar-refractivity contribution in [1.29, 1.82) is 0 Å². The number of H-pyrrole nitrogens is 1. The van der Waals surface area contributed by atoms with E-state index in [1.807, 2.05) is 55.5 Å². The Morgan fingerprint density at radius 1 is 0.919 bits per heavy atom. The van der Waals surface area contributed by atoms with Crippen molar-refractivity contribution in [3.05, 3.63) is 109 Å². The van der Waals surface area contributed by atoms with Crippen LogP contribution in [0.15, 0.2) is 82.6 Å². The van der Waals surface area contributed by atoms with E-state index in [0.29, 0.717) is 28.1 Å². The number of ether oxygens (including phenoxy) is 1. The first-order valence-corrected chi connectivity index (χ1v) is 13.8. The molecule has 3 atom stereocenters. The van der Waals surface area contributed by atoms with Gasteiger partial charge < -0.3 is 9.72 Å². The maximum Gasteiger partial charge on any atom is 0.305 e. The van der Waals surface area contributed by atoms with E-state index >= 15 is 0 Å². The number of thioether (sulfide) groups is 1. The van der Waals surface area contributed by atoms with E-state index in [2.05, 4.69) is 4.98 Å². The molecule has 1 saturated heterocycles. The summed E-state index contributed by atoms with van der Waals surface area (Å²) in [7, 11) is 0. The second kappa shape index (κ2) is 9.52. The number of carbonyl (C=O) groups excluding carboxylic acids is 2. The van der Waals surface area contributed by atoms with Gasteiger partial charge in [0.15, 0.2) is 0 Å². The molecule has 6 rings (SSSR count). The average Bonchev–Trinajstić information content (AvgIpc) is 3.39. The largest absolute Gasteiger partial charge is 0.489 e. The molecule has 9 heteroatoms. The number of amides is 2. The highest BCUT2D eigenvalue weighted by Crippen LogP contribution is 2.53. The summed E-state index contributed by atoms with van der Waals surface area (Å²) >= 11 is 8.38. The van der Waals surface area contributed by atoms with Crippen LogP contribution in [0.4, 0.5) is 5.69 Å². The number of nitrogens with one attached hydrogen (secondary N) is 1. The Bertz CT molecular complexity index is 1550. The first kappa shape index (κ1) is 24.0. The molecule has 6 nitrogen and oxygen atoms in total. The van der Waals surface area contributed by atoms with Gasteiger partial charge in [-0.25, -0.2) is 4.90 Å². The Balaban J connectivity index is 1.32. The first-order chi connectivity index (χ1) is 17.9. The molecule has 4 aromatic rings. The van der Waals surface area contributed by atoms with Gasteiger partial charge in [-0.3, -0.25) is 14.4 Å². The highest BCUT2D eigenvalue weighted by Gasteiger charge is 2.56. The fourth-order valence-electron chi connectivity index (χ4n) is 4.84. The van der Waals surface area contributed by atoms with Crippen molar-refractivity contribution in [1.82, 2.24) is 4.98 Å². The van der Waals surface area contributed by atoms with Crippen LogP contribution in [0.3, 0.4) is 0 Å². The second-order valence-electron chi connectivity index (χ2n) is 9.08. The van der Waals surface area contributed by atoms with Gasteiger partial charge in [0, 0.05) is 15.8 Å². The van der Waals surface area contributed by atoms with Gasteiger partial charge in [-0.2, -0.15) is 0 Å². The highest BCUT2D eigenvalue weighted by atomic mass is 35.5. The SMILES string of the molecule is Cc1ccc(COc2ccc([C@@H]3c4sc(=O)[nH]c4S[C@H]4C(=O)N(c5ccc(Cl)cc5)C(=O)[C@@H]34)cc2)cc1. The molecule has 2 aliphatic heterocycles. The fourth-order valence-corrected chi connectivity index (χ4v) is 7.48. The third-order valence-corrected chi connectivity index (χ3v) is 9.33. The third kappa shape index (κ3) is 4.39. The summed E-state index contributed by atoms with van der Waals surface area (Å²) in [6, 6.07) is 22.4. The zero-order valence-electron chi connectivity index (χ0n) is 19.6.